The van der Waals surface area contributed by atoms with Crippen molar-refractivity contribution in [2.75, 3.05) is 40.3 Å². The fourth-order valence-corrected chi connectivity index (χ4v) is 3.81. The fourth-order valence-electron chi connectivity index (χ4n) is 3.81. The molecule has 0 aliphatic carbocycles. The molecule has 2 aromatic carbocycles. The van der Waals surface area contributed by atoms with Gasteiger partial charge in [-0.05, 0) is 43.5 Å². The Kier molecular flexibility index (Phi) is 9.78. The van der Waals surface area contributed by atoms with Gasteiger partial charge >= 0.3 is 0 Å². The standard InChI is InChI=1S/C23H32N4.HI/c1-24-23(25-16-20-13-14-27(2)18-20)26-17-22(21-11-7-4-8-12-21)15-19-9-5-3-6-10-19;/h3-12,20,22H,13-18H2,1-2H3,(H2,24,25,26);1H. The van der Waals surface area contributed by atoms with Gasteiger partial charge in [-0.15, -0.1) is 24.0 Å². The first kappa shape index (κ1) is 22.7. The van der Waals surface area contributed by atoms with E-state index in [0.717, 1.165) is 25.5 Å². The van der Waals surface area contributed by atoms with Gasteiger partial charge in [0, 0.05) is 32.6 Å². The Morgan fingerprint density at radius 2 is 1.75 bits per heavy atom. The minimum atomic E-state index is 0. The van der Waals surface area contributed by atoms with E-state index in [1.54, 1.807) is 0 Å². The second kappa shape index (κ2) is 12.1. The fraction of sp³-hybridized carbons (Fsp3) is 0.435. The Morgan fingerprint density at radius 3 is 2.36 bits per heavy atom. The van der Waals surface area contributed by atoms with Crippen molar-refractivity contribution in [2.45, 2.75) is 18.8 Å². The molecule has 0 aromatic heterocycles. The highest BCUT2D eigenvalue weighted by atomic mass is 127. The predicted molar refractivity (Wildman–Crippen MR) is 130 cm³/mol. The highest BCUT2D eigenvalue weighted by Gasteiger charge is 2.19. The van der Waals surface area contributed by atoms with Crippen LogP contribution in [0.5, 0.6) is 0 Å². The molecule has 3 rings (SSSR count). The molecule has 1 fully saturated rings. The van der Waals surface area contributed by atoms with E-state index in [1.165, 1.54) is 30.6 Å². The molecule has 1 heterocycles. The maximum absolute atomic E-state index is 4.42. The Balaban J connectivity index is 0.00000280. The lowest BCUT2D eigenvalue weighted by Crippen LogP contribution is -2.42. The van der Waals surface area contributed by atoms with Gasteiger partial charge in [0.15, 0.2) is 5.96 Å². The molecular weight excluding hydrogens is 459 g/mol. The number of nitrogens with one attached hydrogen (secondary N) is 2. The van der Waals surface area contributed by atoms with E-state index in [9.17, 15) is 0 Å². The quantitative estimate of drug-likeness (QED) is 0.352. The third-order valence-corrected chi connectivity index (χ3v) is 5.38. The number of hydrogen-bond donors (Lipinski definition) is 2. The lowest BCUT2D eigenvalue weighted by molar-refractivity contribution is 0.394. The molecule has 0 amide bonds. The molecule has 0 saturated carbocycles. The van der Waals surface area contributed by atoms with Crippen LogP contribution < -0.4 is 10.6 Å². The monoisotopic (exact) mass is 492 g/mol. The molecule has 5 heteroatoms. The molecule has 4 nitrogen and oxygen atoms in total. The van der Waals surface area contributed by atoms with Gasteiger partial charge in [-0.3, -0.25) is 4.99 Å². The minimum absolute atomic E-state index is 0. The molecule has 2 unspecified atom stereocenters. The van der Waals surface area contributed by atoms with Gasteiger partial charge in [0.25, 0.3) is 0 Å². The first-order valence-electron chi connectivity index (χ1n) is 9.96. The summed E-state index contributed by atoms with van der Waals surface area (Å²) < 4.78 is 0. The van der Waals surface area contributed by atoms with Crippen LogP contribution in [0, 0.1) is 5.92 Å². The molecule has 152 valence electrons. The predicted octanol–water partition coefficient (Wildman–Crippen LogP) is 3.75. The van der Waals surface area contributed by atoms with Gasteiger partial charge < -0.3 is 15.5 Å². The van der Waals surface area contributed by atoms with Crippen molar-refractivity contribution < 1.29 is 0 Å². The van der Waals surface area contributed by atoms with Crippen molar-refractivity contribution in [1.82, 2.24) is 15.5 Å². The molecular formula is C23H33IN4. The van der Waals surface area contributed by atoms with E-state index < -0.39 is 0 Å². The van der Waals surface area contributed by atoms with Crippen LogP contribution in [0.2, 0.25) is 0 Å². The van der Waals surface area contributed by atoms with E-state index >= 15 is 0 Å². The summed E-state index contributed by atoms with van der Waals surface area (Å²) in [5.74, 6) is 2.02. The number of halogens is 1. The van der Waals surface area contributed by atoms with Gasteiger partial charge in [0.2, 0.25) is 0 Å². The van der Waals surface area contributed by atoms with Crippen LogP contribution >= 0.6 is 24.0 Å². The van der Waals surface area contributed by atoms with Crippen LogP contribution in [0.25, 0.3) is 0 Å². The number of hydrogen-bond acceptors (Lipinski definition) is 2. The molecule has 2 atom stereocenters. The molecule has 2 N–H and O–H groups in total. The lowest BCUT2D eigenvalue weighted by atomic mass is 9.92. The van der Waals surface area contributed by atoms with E-state index in [1.807, 2.05) is 7.05 Å². The highest BCUT2D eigenvalue weighted by Crippen LogP contribution is 2.20. The van der Waals surface area contributed by atoms with Crippen molar-refractivity contribution in [3.8, 4) is 0 Å². The van der Waals surface area contributed by atoms with E-state index in [-0.39, 0.29) is 24.0 Å². The molecule has 0 spiro atoms. The molecule has 1 aliphatic heterocycles. The number of likely N-dealkylation sites (tertiary alicyclic amines) is 1. The Labute approximate surface area is 186 Å². The molecule has 0 bridgehead atoms. The average Bonchev–Trinajstić information content (AvgIpc) is 3.13. The molecule has 2 aromatic rings. The zero-order chi connectivity index (χ0) is 18.9. The van der Waals surface area contributed by atoms with Crippen molar-refractivity contribution >= 4 is 29.9 Å². The molecule has 28 heavy (non-hydrogen) atoms. The van der Waals surface area contributed by atoms with Gasteiger partial charge in [0.05, 0.1) is 0 Å². The maximum Gasteiger partial charge on any atom is 0.191 e. The number of nitrogens with zero attached hydrogens (tertiary/aromatic N) is 2. The van der Waals surface area contributed by atoms with Crippen molar-refractivity contribution in [3.63, 3.8) is 0 Å². The van der Waals surface area contributed by atoms with Crippen LogP contribution in [-0.2, 0) is 6.42 Å². The summed E-state index contributed by atoms with van der Waals surface area (Å²) in [6.07, 6.45) is 2.28. The summed E-state index contributed by atoms with van der Waals surface area (Å²) in [5, 5.41) is 7.06. The summed E-state index contributed by atoms with van der Waals surface area (Å²) >= 11 is 0. The van der Waals surface area contributed by atoms with Crippen LogP contribution in [-0.4, -0.2) is 51.1 Å². The van der Waals surface area contributed by atoms with Crippen LogP contribution in [0.3, 0.4) is 0 Å². The Bertz CT molecular complexity index is 705. The van der Waals surface area contributed by atoms with Gasteiger partial charge in [-0.2, -0.15) is 0 Å². The van der Waals surface area contributed by atoms with E-state index in [4.69, 9.17) is 0 Å². The lowest BCUT2D eigenvalue weighted by Gasteiger charge is -2.21. The Morgan fingerprint density at radius 1 is 1.07 bits per heavy atom. The van der Waals surface area contributed by atoms with Crippen LogP contribution in [0.15, 0.2) is 65.7 Å². The normalized spacial score (nSPS) is 18.4. The van der Waals surface area contributed by atoms with Gasteiger partial charge in [0.1, 0.15) is 0 Å². The van der Waals surface area contributed by atoms with Crippen molar-refractivity contribution in [1.29, 1.82) is 0 Å². The second-order valence-electron chi connectivity index (χ2n) is 7.55. The number of rotatable bonds is 7. The zero-order valence-corrected chi connectivity index (χ0v) is 19.3. The minimum Gasteiger partial charge on any atom is -0.356 e. The average molecular weight is 492 g/mol. The summed E-state index contributed by atoms with van der Waals surface area (Å²) in [6.45, 7) is 4.22. The van der Waals surface area contributed by atoms with E-state index in [0.29, 0.717) is 11.8 Å². The van der Waals surface area contributed by atoms with Crippen LogP contribution in [0.1, 0.15) is 23.5 Å². The summed E-state index contributed by atoms with van der Waals surface area (Å²) in [7, 11) is 4.05. The van der Waals surface area contributed by atoms with Crippen molar-refractivity contribution in [2.24, 2.45) is 10.9 Å². The molecule has 0 radical (unpaired) electrons. The Hall–Kier alpha value is -1.60. The first-order valence-corrected chi connectivity index (χ1v) is 9.96. The molecule has 1 saturated heterocycles. The second-order valence-corrected chi connectivity index (χ2v) is 7.55. The summed E-state index contributed by atoms with van der Waals surface area (Å²) in [6, 6.07) is 21.5. The van der Waals surface area contributed by atoms with Crippen molar-refractivity contribution in [3.05, 3.63) is 71.8 Å². The summed E-state index contributed by atoms with van der Waals surface area (Å²) in [5.41, 5.74) is 2.73. The largest absolute Gasteiger partial charge is 0.356 e. The number of guanidine groups is 1. The zero-order valence-electron chi connectivity index (χ0n) is 17.0. The van der Waals surface area contributed by atoms with Gasteiger partial charge in [-0.1, -0.05) is 60.7 Å². The molecule has 1 aliphatic rings. The topological polar surface area (TPSA) is 39.7 Å². The van der Waals surface area contributed by atoms with E-state index in [2.05, 4.69) is 88.2 Å². The van der Waals surface area contributed by atoms with Gasteiger partial charge in [-0.25, -0.2) is 0 Å². The third-order valence-electron chi connectivity index (χ3n) is 5.38. The number of benzene rings is 2. The first-order chi connectivity index (χ1) is 13.2. The maximum atomic E-state index is 4.42. The van der Waals surface area contributed by atoms with Crippen LogP contribution in [0.4, 0.5) is 0 Å². The number of aliphatic imine (C=N–C) groups is 1. The highest BCUT2D eigenvalue weighted by molar-refractivity contribution is 14.0. The smallest absolute Gasteiger partial charge is 0.191 e. The summed E-state index contributed by atoms with van der Waals surface area (Å²) in [4.78, 5) is 6.82. The third kappa shape index (κ3) is 7.09. The SMILES string of the molecule is CN=C(NCC1CCN(C)C1)NCC(Cc1ccccc1)c1ccccc1.I.